The maximum absolute atomic E-state index is 13.6. The Kier molecular flexibility index (Phi) is 7.50. The van der Waals surface area contributed by atoms with Crippen LogP contribution in [-0.2, 0) is 14.3 Å². The summed E-state index contributed by atoms with van der Waals surface area (Å²) in [5.74, 6) is -0.449. The summed E-state index contributed by atoms with van der Waals surface area (Å²) >= 11 is 11.8. The van der Waals surface area contributed by atoms with Crippen LogP contribution in [0.5, 0.6) is 5.75 Å². The van der Waals surface area contributed by atoms with Gasteiger partial charge in [-0.2, -0.15) is 0 Å². The predicted molar refractivity (Wildman–Crippen MR) is 118 cm³/mol. The summed E-state index contributed by atoms with van der Waals surface area (Å²) in [6.45, 7) is 5.92. The Hall–Kier alpha value is -2.57. The molecule has 8 heteroatoms. The van der Waals surface area contributed by atoms with Crippen molar-refractivity contribution in [2.75, 3.05) is 19.1 Å². The van der Waals surface area contributed by atoms with Crippen LogP contribution in [0.1, 0.15) is 31.9 Å². The topological polar surface area (TPSA) is 55.8 Å². The summed E-state index contributed by atoms with van der Waals surface area (Å²) in [5, 5.41) is 0.514. The Balaban J connectivity index is 0.000000396. The van der Waals surface area contributed by atoms with E-state index in [0.717, 1.165) is 11.3 Å². The van der Waals surface area contributed by atoms with Gasteiger partial charge in [0, 0.05) is 34.8 Å². The number of halogens is 3. The zero-order valence-electron chi connectivity index (χ0n) is 17.3. The minimum absolute atomic E-state index is 0.0345. The molecular weight excluding hydrogens is 432 g/mol. The second-order valence-corrected chi connectivity index (χ2v) is 8.26. The van der Waals surface area contributed by atoms with Crippen molar-refractivity contribution in [3.05, 3.63) is 57.3 Å². The molecule has 0 unspecified atom stereocenters. The Morgan fingerprint density at radius 1 is 1.13 bits per heavy atom. The van der Waals surface area contributed by atoms with Gasteiger partial charge in [-0.15, -0.1) is 0 Å². The lowest BCUT2D eigenvalue weighted by molar-refractivity contribution is -0.138. The van der Waals surface area contributed by atoms with E-state index in [1.54, 1.807) is 31.3 Å². The Labute approximate surface area is 185 Å². The lowest BCUT2D eigenvalue weighted by Gasteiger charge is -2.14. The molecule has 0 saturated heterocycles. The molecule has 30 heavy (non-hydrogen) atoms. The molecule has 160 valence electrons. The first-order valence-corrected chi connectivity index (χ1v) is 9.68. The van der Waals surface area contributed by atoms with Crippen LogP contribution in [0.4, 0.5) is 10.1 Å². The summed E-state index contributed by atoms with van der Waals surface area (Å²) in [5.41, 5.74) is 2.16. The third-order valence-corrected chi connectivity index (χ3v) is 4.65. The molecule has 0 atom stereocenters. The zero-order valence-corrected chi connectivity index (χ0v) is 18.8. The smallest absolute Gasteiger partial charge is 0.293 e. The van der Waals surface area contributed by atoms with Gasteiger partial charge in [-0.1, -0.05) is 29.3 Å². The Bertz CT molecular complexity index is 999. The summed E-state index contributed by atoms with van der Waals surface area (Å²) in [6, 6.07) is 7.85. The van der Waals surface area contributed by atoms with Gasteiger partial charge in [-0.25, -0.2) is 4.39 Å². The number of hydrogen-bond donors (Lipinski definition) is 0. The first-order chi connectivity index (χ1) is 14.0. The maximum atomic E-state index is 13.6. The van der Waals surface area contributed by atoms with E-state index < -0.39 is 5.82 Å². The highest BCUT2D eigenvalue weighted by atomic mass is 35.5. The first kappa shape index (κ1) is 23.7. The highest BCUT2D eigenvalue weighted by Gasteiger charge is 2.30. The fraction of sp³-hybridized carbons (Fsp3) is 0.273. The lowest BCUT2D eigenvalue weighted by Crippen LogP contribution is -2.20. The van der Waals surface area contributed by atoms with Gasteiger partial charge < -0.3 is 14.4 Å². The molecular formula is C22H22Cl2FNO4. The number of carbonyl (C=O) groups is 2. The normalized spacial score (nSPS) is 14.2. The number of rotatable bonds is 3. The van der Waals surface area contributed by atoms with Crippen LogP contribution in [0.15, 0.2) is 30.3 Å². The molecule has 0 radical (unpaired) electrons. The van der Waals surface area contributed by atoms with Crippen molar-refractivity contribution in [3.8, 4) is 5.75 Å². The fourth-order valence-corrected chi connectivity index (χ4v) is 3.03. The van der Waals surface area contributed by atoms with E-state index in [-0.39, 0.29) is 16.5 Å². The van der Waals surface area contributed by atoms with Crippen LogP contribution in [0.2, 0.25) is 10.0 Å². The van der Waals surface area contributed by atoms with E-state index in [4.69, 9.17) is 27.9 Å². The molecule has 3 rings (SSSR count). The number of anilines is 1. The molecule has 2 aromatic carbocycles. The highest BCUT2D eigenvalue weighted by Crippen LogP contribution is 2.39. The summed E-state index contributed by atoms with van der Waals surface area (Å²) in [6.07, 6.45) is 1.64. The van der Waals surface area contributed by atoms with Crippen molar-refractivity contribution in [1.82, 2.24) is 0 Å². The first-order valence-electron chi connectivity index (χ1n) is 8.92. The minimum Gasteiger partial charge on any atom is -0.496 e. The number of amides is 1. The molecule has 0 aromatic heterocycles. The monoisotopic (exact) mass is 453 g/mol. The number of likely N-dealkylation sites (N-methyl/N-ethyl adjacent to an activating group) is 1. The Morgan fingerprint density at radius 2 is 1.80 bits per heavy atom. The van der Waals surface area contributed by atoms with Crippen LogP contribution in [-0.4, -0.2) is 32.1 Å². The maximum Gasteiger partial charge on any atom is 0.293 e. The van der Waals surface area contributed by atoms with Gasteiger partial charge in [0.2, 0.25) is 0 Å². The molecule has 1 amide bonds. The molecule has 0 saturated carbocycles. The summed E-state index contributed by atoms with van der Waals surface area (Å²) in [4.78, 5) is 23.6. The average molecular weight is 454 g/mol. The second-order valence-electron chi connectivity index (χ2n) is 7.42. The summed E-state index contributed by atoms with van der Waals surface area (Å²) in [7, 11) is 3.11. The number of methoxy groups -OCH3 is 1. The van der Waals surface area contributed by atoms with E-state index in [0.29, 0.717) is 28.4 Å². The number of fused-ring (bicyclic) bond motifs is 1. The van der Waals surface area contributed by atoms with Gasteiger partial charge in [0.15, 0.2) is 0 Å². The number of nitrogens with zero attached hydrogens (tertiary/aromatic N) is 1. The number of ether oxygens (including phenoxy) is 2. The van der Waals surface area contributed by atoms with Gasteiger partial charge in [0.1, 0.15) is 17.2 Å². The van der Waals surface area contributed by atoms with Gasteiger partial charge in [0.25, 0.3) is 12.4 Å². The largest absolute Gasteiger partial charge is 0.496 e. The van der Waals surface area contributed by atoms with Crippen molar-refractivity contribution >= 4 is 52.9 Å². The van der Waals surface area contributed by atoms with E-state index in [1.165, 1.54) is 24.1 Å². The van der Waals surface area contributed by atoms with E-state index in [2.05, 4.69) is 4.74 Å². The van der Waals surface area contributed by atoms with Crippen molar-refractivity contribution < 1.29 is 23.5 Å². The SMILES string of the molecule is CC(C)(C)OC=O.COc1cc(F)c(Cl)cc1/C=C1/C(=O)N(C)c2cc(Cl)ccc21. The van der Waals surface area contributed by atoms with Gasteiger partial charge >= 0.3 is 0 Å². The summed E-state index contributed by atoms with van der Waals surface area (Å²) < 4.78 is 23.3. The fourth-order valence-electron chi connectivity index (χ4n) is 2.69. The van der Waals surface area contributed by atoms with E-state index in [9.17, 15) is 14.0 Å². The highest BCUT2D eigenvalue weighted by molar-refractivity contribution is 6.37. The Morgan fingerprint density at radius 3 is 2.33 bits per heavy atom. The van der Waals surface area contributed by atoms with Crippen molar-refractivity contribution in [3.63, 3.8) is 0 Å². The van der Waals surface area contributed by atoms with Crippen LogP contribution < -0.4 is 9.64 Å². The number of hydrogen-bond acceptors (Lipinski definition) is 4. The lowest BCUT2D eigenvalue weighted by atomic mass is 10.0. The third-order valence-electron chi connectivity index (χ3n) is 4.12. The minimum atomic E-state index is -0.576. The van der Waals surface area contributed by atoms with Crippen molar-refractivity contribution in [2.45, 2.75) is 26.4 Å². The molecule has 0 N–H and O–H groups in total. The number of carbonyl (C=O) groups excluding carboxylic acids is 2. The van der Waals surface area contributed by atoms with Gasteiger partial charge in [-0.3, -0.25) is 9.59 Å². The predicted octanol–water partition coefficient (Wildman–Crippen LogP) is 5.62. The molecule has 0 aliphatic carbocycles. The van der Waals surface area contributed by atoms with Gasteiger partial charge in [-0.05, 0) is 45.0 Å². The number of benzene rings is 2. The van der Waals surface area contributed by atoms with Gasteiger partial charge in [0.05, 0.1) is 17.8 Å². The molecule has 5 nitrogen and oxygen atoms in total. The second kappa shape index (κ2) is 9.49. The van der Waals surface area contributed by atoms with Crippen LogP contribution in [0, 0.1) is 5.82 Å². The zero-order chi connectivity index (χ0) is 22.6. The molecule has 1 aliphatic heterocycles. The average Bonchev–Trinajstić information content (AvgIpc) is 2.88. The third kappa shape index (κ3) is 5.52. The van der Waals surface area contributed by atoms with Crippen LogP contribution in [0.3, 0.4) is 0 Å². The van der Waals surface area contributed by atoms with Crippen LogP contribution in [0.25, 0.3) is 11.6 Å². The molecule has 1 aliphatic rings. The standard InChI is InChI=1S/C17H12Cl2FNO2.C5H10O2/c1-21-15-7-10(18)3-4-11(15)12(17(21)22)5-9-6-13(19)14(20)8-16(9)23-2;1-5(2,3)7-4-6/h3-8H,1-2H3;4H,1-3H3/b12-5+;. The molecule has 0 spiro atoms. The van der Waals surface area contributed by atoms with Crippen molar-refractivity contribution in [2.24, 2.45) is 0 Å². The molecule has 1 heterocycles. The van der Waals surface area contributed by atoms with E-state index in [1.807, 2.05) is 20.8 Å². The molecule has 2 aromatic rings. The quantitative estimate of drug-likeness (QED) is 0.447. The van der Waals surface area contributed by atoms with Crippen LogP contribution >= 0.6 is 23.2 Å². The molecule has 0 bridgehead atoms. The van der Waals surface area contributed by atoms with Crippen molar-refractivity contribution in [1.29, 1.82) is 0 Å². The molecule has 0 fully saturated rings. The van der Waals surface area contributed by atoms with E-state index >= 15 is 0 Å².